The summed E-state index contributed by atoms with van der Waals surface area (Å²) in [6.07, 6.45) is 0. The molecule has 9 nitrogen and oxygen atoms in total. The van der Waals surface area contributed by atoms with Crippen molar-refractivity contribution < 1.29 is 22.4 Å². The van der Waals surface area contributed by atoms with Gasteiger partial charge in [-0.3, -0.25) is 4.72 Å². The van der Waals surface area contributed by atoms with Gasteiger partial charge in [-0.05, 0) is 66.9 Å². The van der Waals surface area contributed by atoms with E-state index in [9.17, 15) is 8.42 Å². The zero-order valence-electron chi connectivity index (χ0n) is 22.3. The fourth-order valence-electron chi connectivity index (χ4n) is 4.84. The van der Waals surface area contributed by atoms with Gasteiger partial charge in [0, 0.05) is 37.9 Å². The Morgan fingerprint density at radius 3 is 2.33 bits per heavy atom. The quantitative estimate of drug-likeness (QED) is 0.333. The van der Waals surface area contributed by atoms with Crippen LogP contribution in [0.25, 0.3) is 22.1 Å². The standard InChI is InChI=1S/C29H30N4O5S/c1-5-12-32-13-15-33(16-14-32)22-9-6-8-21(18-22)23-19-27-24(17-20(23)2)29(30-38-27)31-39(34,35)28-25(36-3)10-7-11-26(28)37-4/h6-11,17-19H,13-16H2,1-4H3,(H,30,31). The summed E-state index contributed by atoms with van der Waals surface area (Å²) in [6, 6.07) is 20.1. The normalized spacial score (nSPS) is 13.6. The molecule has 3 aromatic carbocycles. The van der Waals surface area contributed by atoms with Crippen molar-refractivity contribution in [3.63, 3.8) is 0 Å². The van der Waals surface area contributed by atoms with Gasteiger partial charge < -0.3 is 23.8 Å². The van der Waals surface area contributed by atoms with Gasteiger partial charge in [-0.15, -0.1) is 0 Å². The third-order valence-electron chi connectivity index (χ3n) is 6.77. The highest BCUT2D eigenvalue weighted by atomic mass is 32.2. The molecule has 4 aromatic rings. The van der Waals surface area contributed by atoms with Gasteiger partial charge >= 0.3 is 0 Å². The summed E-state index contributed by atoms with van der Waals surface area (Å²) in [5.41, 5.74) is 4.60. The summed E-state index contributed by atoms with van der Waals surface area (Å²) in [6.45, 7) is 7.44. The van der Waals surface area contributed by atoms with Crippen LogP contribution in [-0.2, 0) is 10.0 Å². The second-order valence-corrected chi connectivity index (χ2v) is 10.8. The largest absolute Gasteiger partial charge is 0.495 e. The third-order valence-corrected chi connectivity index (χ3v) is 8.17. The molecule has 0 spiro atoms. The van der Waals surface area contributed by atoms with E-state index in [2.05, 4.69) is 49.8 Å². The maximum Gasteiger partial charge on any atom is 0.270 e. The van der Waals surface area contributed by atoms with Gasteiger partial charge in [0.15, 0.2) is 16.3 Å². The second-order valence-electron chi connectivity index (χ2n) is 9.18. The average Bonchev–Trinajstić information content (AvgIpc) is 3.33. The minimum atomic E-state index is -4.10. The lowest BCUT2D eigenvalue weighted by atomic mass is 9.98. The molecule has 0 saturated carbocycles. The Kier molecular flexibility index (Phi) is 7.26. The maximum absolute atomic E-state index is 13.4. The van der Waals surface area contributed by atoms with E-state index in [-0.39, 0.29) is 22.2 Å². The van der Waals surface area contributed by atoms with E-state index < -0.39 is 10.0 Å². The van der Waals surface area contributed by atoms with Gasteiger partial charge in [0.2, 0.25) is 0 Å². The number of methoxy groups -OCH3 is 2. The highest BCUT2D eigenvalue weighted by Gasteiger charge is 2.27. The topological polar surface area (TPSA) is 97.1 Å². The van der Waals surface area contributed by atoms with E-state index in [0.29, 0.717) is 11.0 Å². The van der Waals surface area contributed by atoms with Gasteiger partial charge in [0.1, 0.15) is 11.5 Å². The summed E-state index contributed by atoms with van der Waals surface area (Å²) >= 11 is 0. The molecule has 1 aromatic heterocycles. The number of anilines is 2. The Morgan fingerprint density at radius 1 is 0.974 bits per heavy atom. The first kappa shape index (κ1) is 26.3. The van der Waals surface area contributed by atoms with Crippen molar-refractivity contribution in [2.45, 2.75) is 18.7 Å². The zero-order valence-corrected chi connectivity index (χ0v) is 23.1. The molecule has 0 aliphatic carbocycles. The van der Waals surface area contributed by atoms with Gasteiger partial charge in [-0.2, -0.15) is 0 Å². The van der Waals surface area contributed by atoms with Crippen LogP contribution < -0.4 is 19.1 Å². The Balaban J connectivity index is 1.44. The molecule has 0 amide bonds. The molecule has 10 heteroatoms. The summed E-state index contributed by atoms with van der Waals surface area (Å²) in [5.74, 6) is 3.38. The molecule has 1 aliphatic heterocycles. The van der Waals surface area contributed by atoms with Crippen LogP contribution in [0.1, 0.15) is 12.5 Å². The number of fused-ring (bicyclic) bond motifs is 1. The number of nitrogens with zero attached hydrogens (tertiary/aromatic N) is 3. The number of sulfonamides is 1. The summed E-state index contributed by atoms with van der Waals surface area (Å²) in [7, 11) is -1.29. The summed E-state index contributed by atoms with van der Waals surface area (Å²) < 4.78 is 45.4. The molecular formula is C29H30N4O5S. The fraction of sp³-hybridized carbons (Fsp3) is 0.276. The van der Waals surface area contributed by atoms with E-state index in [4.69, 9.17) is 14.0 Å². The van der Waals surface area contributed by atoms with Crippen LogP contribution >= 0.6 is 0 Å². The van der Waals surface area contributed by atoms with Crippen molar-refractivity contribution in [1.82, 2.24) is 10.1 Å². The monoisotopic (exact) mass is 546 g/mol. The van der Waals surface area contributed by atoms with Crippen LogP contribution in [0.3, 0.4) is 0 Å². The lowest BCUT2D eigenvalue weighted by molar-refractivity contribution is 0.368. The highest BCUT2D eigenvalue weighted by Crippen LogP contribution is 2.37. The molecule has 39 heavy (non-hydrogen) atoms. The number of aryl methyl sites for hydroxylation is 1. The fourth-order valence-corrected chi connectivity index (χ4v) is 6.18. The SMILES string of the molecule is CC#CN1CCN(c2cccc(-c3cc4onc(NS(=O)(=O)c5c(OC)cccc5OC)c4cc3C)c2)CC1. The van der Waals surface area contributed by atoms with Crippen molar-refractivity contribution >= 4 is 32.5 Å². The molecule has 1 aliphatic rings. The first-order chi connectivity index (χ1) is 18.8. The van der Waals surface area contributed by atoms with Gasteiger partial charge in [-0.1, -0.05) is 29.3 Å². The van der Waals surface area contributed by atoms with E-state index in [1.165, 1.54) is 14.2 Å². The van der Waals surface area contributed by atoms with E-state index >= 15 is 0 Å². The van der Waals surface area contributed by atoms with Crippen molar-refractivity contribution in [2.24, 2.45) is 0 Å². The summed E-state index contributed by atoms with van der Waals surface area (Å²) in [5, 5.41) is 4.59. The summed E-state index contributed by atoms with van der Waals surface area (Å²) in [4.78, 5) is 4.40. The molecule has 0 bridgehead atoms. The minimum Gasteiger partial charge on any atom is -0.495 e. The Bertz CT molecular complexity index is 1660. The molecule has 0 unspecified atom stereocenters. The number of aromatic nitrogens is 1. The van der Waals surface area contributed by atoms with Crippen LogP contribution in [-0.4, -0.2) is 58.9 Å². The Labute approximate surface area is 228 Å². The van der Waals surface area contributed by atoms with Gasteiger partial charge in [0.05, 0.1) is 19.6 Å². The van der Waals surface area contributed by atoms with Crippen LogP contribution in [0, 0.1) is 18.9 Å². The molecule has 1 saturated heterocycles. The van der Waals surface area contributed by atoms with E-state index in [0.717, 1.165) is 48.6 Å². The number of rotatable bonds is 7. The third kappa shape index (κ3) is 5.18. The molecule has 1 fully saturated rings. The van der Waals surface area contributed by atoms with Crippen molar-refractivity contribution in [3.8, 4) is 34.6 Å². The Morgan fingerprint density at radius 2 is 1.67 bits per heavy atom. The van der Waals surface area contributed by atoms with Crippen molar-refractivity contribution in [1.29, 1.82) is 0 Å². The van der Waals surface area contributed by atoms with E-state index in [1.807, 2.05) is 32.0 Å². The first-order valence-corrected chi connectivity index (χ1v) is 14.0. The molecule has 202 valence electrons. The molecule has 1 N–H and O–H groups in total. The lowest BCUT2D eigenvalue weighted by Gasteiger charge is -2.34. The van der Waals surface area contributed by atoms with Gasteiger partial charge in [0.25, 0.3) is 10.0 Å². The first-order valence-electron chi connectivity index (χ1n) is 12.5. The lowest BCUT2D eigenvalue weighted by Crippen LogP contribution is -2.44. The van der Waals surface area contributed by atoms with Crippen LogP contribution in [0.4, 0.5) is 11.5 Å². The van der Waals surface area contributed by atoms with Crippen LogP contribution in [0.15, 0.2) is 64.0 Å². The molecule has 0 atom stereocenters. The second kappa shape index (κ2) is 10.8. The van der Waals surface area contributed by atoms with Crippen molar-refractivity contribution in [2.75, 3.05) is 50.0 Å². The van der Waals surface area contributed by atoms with Crippen molar-refractivity contribution in [3.05, 3.63) is 60.2 Å². The van der Waals surface area contributed by atoms with Crippen LogP contribution in [0.2, 0.25) is 0 Å². The molecule has 0 radical (unpaired) electrons. The highest BCUT2D eigenvalue weighted by molar-refractivity contribution is 7.93. The van der Waals surface area contributed by atoms with Crippen LogP contribution in [0.5, 0.6) is 11.5 Å². The number of benzene rings is 3. The zero-order chi connectivity index (χ0) is 27.6. The molecule has 5 rings (SSSR count). The number of hydrogen-bond acceptors (Lipinski definition) is 8. The maximum atomic E-state index is 13.4. The molecular weight excluding hydrogens is 516 g/mol. The Hall–Kier alpha value is -4.36. The number of nitrogens with one attached hydrogen (secondary N) is 1. The number of hydrogen-bond donors (Lipinski definition) is 1. The minimum absolute atomic E-state index is 0.0920. The van der Waals surface area contributed by atoms with Gasteiger partial charge in [-0.25, -0.2) is 8.42 Å². The predicted molar refractivity (Wildman–Crippen MR) is 152 cm³/mol. The molecule has 2 heterocycles. The number of piperazine rings is 1. The number of ether oxygens (including phenoxy) is 2. The average molecular weight is 547 g/mol. The predicted octanol–water partition coefficient (Wildman–Crippen LogP) is 4.72. The smallest absolute Gasteiger partial charge is 0.270 e. The van der Waals surface area contributed by atoms with E-state index in [1.54, 1.807) is 18.2 Å².